The Hall–Kier alpha value is -3.98. The summed E-state index contributed by atoms with van der Waals surface area (Å²) in [6.07, 6.45) is 33.5. The summed E-state index contributed by atoms with van der Waals surface area (Å²) in [7, 11) is 0. The van der Waals surface area contributed by atoms with Crippen LogP contribution in [-0.4, -0.2) is 11.6 Å². The van der Waals surface area contributed by atoms with Gasteiger partial charge in [-0.25, -0.2) is 4.99 Å². The highest BCUT2D eigenvalue weighted by Crippen LogP contribution is 2.20. The van der Waals surface area contributed by atoms with Crippen molar-refractivity contribution in [1.29, 1.82) is 0 Å². The van der Waals surface area contributed by atoms with Crippen molar-refractivity contribution in [2.75, 3.05) is 5.32 Å². The van der Waals surface area contributed by atoms with Gasteiger partial charge in [0.05, 0.1) is 11.4 Å². The molecule has 254 valence electrons. The largest absolute Gasteiger partial charge is 0.326 e. The molecule has 0 saturated heterocycles. The summed E-state index contributed by atoms with van der Waals surface area (Å²) in [6.45, 7) is 2.29. The zero-order valence-corrected chi connectivity index (χ0v) is 29.5. The van der Waals surface area contributed by atoms with E-state index in [-0.39, 0.29) is 5.91 Å². The van der Waals surface area contributed by atoms with Crippen molar-refractivity contribution in [3.8, 4) is 0 Å². The summed E-state index contributed by atoms with van der Waals surface area (Å²) in [5.41, 5.74) is 7.57. The van der Waals surface area contributed by atoms with Crippen LogP contribution in [0.25, 0.3) is 6.08 Å². The van der Waals surface area contributed by atoms with Crippen LogP contribution in [0, 0.1) is 0 Å². The van der Waals surface area contributed by atoms with E-state index >= 15 is 0 Å². The zero-order valence-electron chi connectivity index (χ0n) is 29.5. The number of carbonyl (C=O) groups is 1. The van der Waals surface area contributed by atoms with Crippen molar-refractivity contribution in [2.24, 2.45) is 4.99 Å². The van der Waals surface area contributed by atoms with E-state index in [9.17, 15) is 4.79 Å². The van der Waals surface area contributed by atoms with E-state index in [4.69, 9.17) is 4.99 Å². The maximum atomic E-state index is 12.5. The molecule has 0 spiro atoms. The van der Waals surface area contributed by atoms with E-state index in [0.29, 0.717) is 6.42 Å². The fourth-order valence-electron chi connectivity index (χ4n) is 6.23. The molecular formula is C45H58N2O. The SMILES string of the molecule is CCCCCCCCCCCCCCCCCCC(=O)Nc1ccc(C=C2C=CC(=Nc3ccc(Cc4ccccc4)cc3)C=C2)cc1. The van der Waals surface area contributed by atoms with Gasteiger partial charge in [0, 0.05) is 12.1 Å². The summed E-state index contributed by atoms with van der Waals surface area (Å²) in [5, 5.41) is 3.07. The van der Waals surface area contributed by atoms with Crippen LogP contribution < -0.4 is 5.32 Å². The number of benzene rings is 3. The third-order valence-electron chi connectivity index (χ3n) is 9.12. The van der Waals surface area contributed by atoms with Crippen LogP contribution in [0.4, 0.5) is 11.4 Å². The van der Waals surface area contributed by atoms with E-state index in [2.05, 4.69) is 109 Å². The Balaban J connectivity index is 1.05. The van der Waals surface area contributed by atoms with Crippen LogP contribution in [-0.2, 0) is 11.2 Å². The Kier molecular flexibility index (Phi) is 17.3. The number of carbonyl (C=O) groups excluding carboxylic acids is 1. The molecule has 1 amide bonds. The molecule has 3 aromatic rings. The second-order valence-electron chi connectivity index (χ2n) is 13.4. The van der Waals surface area contributed by atoms with Crippen molar-refractivity contribution >= 4 is 29.1 Å². The second-order valence-corrected chi connectivity index (χ2v) is 13.4. The number of rotatable bonds is 22. The van der Waals surface area contributed by atoms with Gasteiger partial charge in [-0.3, -0.25) is 4.79 Å². The summed E-state index contributed by atoms with van der Waals surface area (Å²) < 4.78 is 0. The molecule has 0 unspecified atom stereocenters. The van der Waals surface area contributed by atoms with Crippen LogP contribution in [0.5, 0.6) is 0 Å². The molecule has 48 heavy (non-hydrogen) atoms. The van der Waals surface area contributed by atoms with Gasteiger partial charge in [-0.1, -0.05) is 170 Å². The summed E-state index contributed by atoms with van der Waals surface area (Å²) in [6, 6.07) is 27.1. The Morgan fingerprint density at radius 2 is 1.10 bits per heavy atom. The molecule has 1 aliphatic rings. The number of aliphatic imine (C=N–C) groups is 1. The van der Waals surface area contributed by atoms with Gasteiger partial charge in [0.2, 0.25) is 5.91 Å². The Labute approximate surface area is 291 Å². The third-order valence-corrected chi connectivity index (χ3v) is 9.12. The molecule has 3 nitrogen and oxygen atoms in total. The van der Waals surface area contributed by atoms with E-state index in [1.807, 2.05) is 12.1 Å². The molecule has 0 radical (unpaired) electrons. The smallest absolute Gasteiger partial charge is 0.224 e. The molecule has 0 heterocycles. The van der Waals surface area contributed by atoms with Gasteiger partial charge in [0.15, 0.2) is 0 Å². The molecule has 0 aromatic heterocycles. The molecule has 0 fully saturated rings. The van der Waals surface area contributed by atoms with E-state index in [0.717, 1.165) is 47.5 Å². The minimum absolute atomic E-state index is 0.113. The second kappa shape index (κ2) is 22.6. The minimum Gasteiger partial charge on any atom is -0.326 e. The van der Waals surface area contributed by atoms with Crippen LogP contribution in [0.3, 0.4) is 0 Å². The molecule has 4 rings (SSSR count). The summed E-state index contributed by atoms with van der Waals surface area (Å²) >= 11 is 0. The fourth-order valence-corrected chi connectivity index (χ4v) is 6.23. The monoisotopic (exact) mass is 642 g/mol. The maximum absolute atomic E-state index is 12.5. The quantitative estimate of drug-likeness (QED) is 0.109. The van der Waals surface area contributed by atoms with Gasteiger partial charge in [-0.2, -0.15) is 0 Å². The number of hydrogen-bond donors (Lipinski definition) is 1. The van der Waals surface area contributed by atoms with Crippen LogP contribution >= 0.6 is 0 Å². The number of hydrogen-bond acceptors (Lipinski definition) is 2. The predicted octanol–water partition coefficient (Wildman–Crippen LogP) is 13.1. The molecule has 3 aromatic carbocycles. The van der Waals surface area contributed by atoms with Crippen LogP contribution in [0.15, 0.2) is 114 Å². The minimum atomic E-state index is 0.113. The molecular weight excluding hydrogens is 585 g/mol. The summed E-state index contributed by atoms with van der Waals surface area (Å²) in [5.74, 6) is 0.113. The average Bonchev–Trinajstić information content (AvgIpc) is 3.11. The van der Waals surface area contributed by atoms with Gasteiger partial charge < -0.3 is 5.32 Å². The molecule has 1 N–H and O–H groups in total. The number of amides is 1. The molecule has 0 saturated carbocycles. The van der Waals surface area contributed by atoms with Crippen LogP contribution in [0.1, 0.15) is 133 Å². The van der Waals surface area contributed by atoms with Crippen molar-refractivity contribution in [1.82, 2.24) is 0 Å². The van der Waals surface area contributed by atoms with E-state index in [1.165, 1.54) is 101 Å². The van der Waals surface area contributed by atoms with Gasteiger partial charge in [0.25, 0.3) is 0 Å². The molecule has 1 aliphatic carbocycles. The lowest BCUT2D eigenvalue weighted by Crippen LogP contribution is -2.10. The van der Waals surface area contributed by atoms with Gasteiger partial charge in [0.1, 0.15) is 0 Å². The van der Waals surface area contributed by atoms with Crippen LogP contribution in [0.2, 0.25) is 0 Å². The van der Waals surface area contributed by atoms with Crippen molar-refractivity contribution < 1.29 is 4.79 Å². The standard InChI is InChI=1S/C45H58N2O/c1-2-3-4-5-6-7-8-9-10-11-12-13-14-15-16-20-23-45(48)47-44-34-28-41(29-35-44)37-40-26-32-43(33-27-40)46-42-30-24-39(25-31-42)36-38-21-18-17-19-22-38/h17-19,21-22,24-35,37H,2-16,20,23,36H2,1H3,(H,47,48). The topological polar surface area (TPSA) is 41.5 Å². The lowest BCUT2D eigenvalue weighted by molar-refractivity contribution is -0.116. The van der Waals surface area contributed by atoms with Gasteiger partial charge in [-0.15, -0.1) is 0 Å². The molecule has 0 atom stereocenters. The van der Waals surface area contributed by atoms with E-state index < -0.39 is 0 Å². The number of allylic oxidation sites excluding steroid dienone is 5. The fraction of sp³-hybridized carbons (Fsp3) is 0.422. The first-order valence-corrected chi connectivity index (χ1v) is 18.9. The highest BCUT2D eigenvalue weighted by molar-refractivity contribution is 6.07. The first kappa shape index (κ1) is 36.8. The average molecular weight is 643 g/mol. The number of unbranched alkanes of at least 4 members (excludes halogenated alkanes) is 15. The normalized spacial score (nSPS) is 12.4. The number of anilines is 1. The van der Waals surface area contributed by atoms with Crippen molar-refractivity contribution in [3.63, 3.8) is 0 Å². The molecule has 0 aliphatic heterocycles. The van der Waals surface area contributed by atoms with Crippen molar-refractivity contribution in [2.45, 2.75) is 122 Å². The molecule has 3 heteroatoms. The number of nitrogens with one attached hydrogen (secondary N) is 1. The number of nitrogens with zero attached hydrogens (tertiary/aromatic N) is 1. The van der Waals surface area contributed by atoms with Gasteiger partial charge in [-0.05, 0) is 77.6 Å². The zero-order chi connectivity index (χ0) is 33.5. The predicted molar refractivity (Wildman–Crippen MR) is 208 cm³/mol. The van der Waals surface area contributed by atoms with Crippen molar-refractivity contribution in [3.05, 3.63) is 125 Å². The Morgan fingerprint density at radius 1 is 0.583 bits per heavy atom. The van der Waals surface area contributed by atoms with Gasteiger partial charge >= 0.3 is 0 Å². The lowest BCUT2D eigenvalue weighted by Gasteiger charge is -2.07. The Morgan fingerprint density at radius 3 is 1.67 bits per heavy atom. The van der Waals surface area contributed by atoms with E-state index in [1.54, 1.807) is 0 Å². The summed E-state index contributed by atoms with van der Waals surface area (Å²) in [4.78, 5) is 17.2. The Bertz CT molecular complexity index is 1430. The first-order chi connectivity index (χ1) is 23.7. The third kappa shape index (κ3) is 15.3. The highest BCUT2D eigenvalue weighted by atomic mass is 16.1. The maximum Gasteiger partial charge on any atom is 0.224 e. The highest BCUT2D eigenvalue weighted by Gasteiger charge is 2.04. The lowest BCUT2D eigenvalue weighted by atomic mass is 10.0. The molecule has 0 bridgehead atoms. The first-order valence-electron chi connectivity index (χ1n) is 18.9.